The molecular formula is C19H24N4O. The Morgan fingerprint density at radius 1 is 1.25 bits per heavy atom. The van der Waals surface area contributed by atoms with Crippen LogP contribution in [0.1, 0.15) is 35.2 Å². The molecule has 1 saturated heterocycles. The second kappa shape index (κ2) is 6.40. The van der Waals surface area contributed by atoms with Crippen molar-refractivity contribution in [2.24, 2.45) is 5.92 Å². The summed E-state index contributed by atoms with van der Waals surface area (Å²) < 4.78 is 1.82. The van der Waals surface area contributed by atoms with Gasteiger partial charge in [0, 0.05) is 30.9 Å². The van der Waals surface area contributed by atoms with E-state index in [9.17, 15) is 4.79 Å². The molecule has 2 aromatic rings. The number of likely N-dealkylation sites (tertiary alicyclic amines) is 1. The third-order valence-electron chi connectivity index (χ3n) is 5.04. The van der Waals surface area contributed by atoms with Crippen LogP contribution in [0.25, 0.3) is 5.69 Å². The Balaban J connectivity index is 1.31. The fourth-order valence-electron chi connectivity index (χ4n) is 3.46. The van der Waals surface area contributed by atoms with Gasteiger partial charge in [0.1, 0.15) is 0 Å². The zero-order valence-corrected chi connectivity index (χ0v) is 14.1. The van der Waals surface area contributed by atoms with Crippen LogP contribution >= 0.6 is 0 Å². The lowest BCUT2D eigenvalue weighted by Crippen LogP contribution is -2.31. The minimum Gasteiger partial charge on any atom is -0.352 e. The number of carbonyl (C=O) groups is 1. The van der Waals surface area contributed by atoms with Crippen molar-refractivity contribution in [3.8, 4) is 5.69 Å². The summed E-state index contributed by atoms with van der Waals surface area (Å²) in [6.45, 7) is 5.13. The standard InChI is InChI=1S/C19H24N4O/c1-14-10-21-23(12-14)18-4-2-16(3-5-18)19(24)20-11-15-8-9-22(13-15)17-6-7-17/h2-5,10,12,15,17H,6-9,11,13H2,1H3,(H,20,24)/t15-/m1/s1. The number of hydrogen-bond donors (Lipinski definition) is 1. The van der Waals surface area contributed by atoms with Crippen molar-refractivity contribution in [2.45, 2.75) is 32.2 Å². The molecule has 2 aliphatic rings. The maximum Gasteiger partial charge on any atom is 0.251 e. The number of aryl methyl sites for hydroxylation is 1. The van der Waals surface area contributed by atoms with Crippen LogP contribution < -0.4 is 5.32 Å². The molecule has 2 heterocycles. The number of nitrogens with one attached hydrogen (secondary N) is 1. The normalized spacial score (nSPS) is 21.1. The molecule has 1 aromatic carbocycles. The first-order chi connectivity index (χ1) is 11.7. The van der Waals surface area contributed by atoms with Crippen molar-refractivity contribution in [1.29, 1.82) is 0 Å². The molecule has 5 nitrogen and oxygen atoms in total. The summed E-state index contributed by atoms with van der Waals surface area (Å²) in [4.78, 5) is 14.9. The maximum absolute atomic E-state index is 12.3. The molecule has 24 heavy (non-hydrogen) atoms. The highest BCUT2D eigenvalue weighted by Gasteiger charge is 2.34. The van der Waals surface area contributed by atoms with Crippen LogP contribution in [0.3, 0.4) is 0 Å². The summed E-state index contributed by atoms with van der Waals surface area (Å²) in [5.41, 5.74) is 2.80. The predicted molar refractivity (Wildman–Crippen MR) is 93.3 cm³/mol. The Hall–Kier alpha value is -2.14. The van der Waals surface area contributed by atoms with E-state index in [0.717, 1.165) is 30.4 Å². The van der Waals surface area contributed by atoms with Gasteiger partial charge < -0.3 is 10.2 Å². The predicted octanol–water partition coefficient (Wildman–Crippen LogP) is 2.39. The average molecular weight is 324 g/mol. The lowest BCUT2D eigenvalue weighted by Gasteiger charge is -2.15. The van der Waals surface area contributed by atoms with Crippen molar-refractivity contribution < 1.29 is 4.79 Å². The van der Waals surface area contributed by atoms with Crippen LogP contribution in [0.5, 0.6) is 0 Å². The number of benzene rings is 1. The van der Waals surface area contributed by atoms with E-state index in [0.29, 0.717) is 11.5 Å². The van der Waals surface area contributed by atoms with Gasteiger partial charge in [0.15, 0.2) is 0 Å². The van der Waals surface area contributed by atoms with Gasteiger partial charge in [0.25, 0.3) is 5.91 Å². The largest absolute Gasteiger partial charge is 0.352 e. The highest BCUT2D eigenvalue weighted by Crippen LogP contribution is 2.31. The van der Waals surface area contributed by atoms with Crippen molar-refractivity contribution in [1.82, 2.24) is 20.0 Å². The minimum absolute atomic E-state index is 0.0167. The molecule has 1 saturated carbocycles. The van der Waals surface area contributed by atoms with E-state index in [1.165, 1.54) is 25.8 Å². The maximum atomic E-state index is 12.3. The van der Waals surface area contributed by atoms with Crippen LogP contribution in [-0.2, 0) is 0 Å². The number of amides is 1. The zero-order chi connectivity index (χ0) is 16.5. The van der Waals surface area contributed by atoms with Crippen molar-refractivity contribution >= 4 is 5.91 Å². The second-order valence-corrected chi connectivity index (χ2v) is 7.10. The summed E-state index contributed by atoms with van der Waals surface area (Å²) in [6.07, 6.45) is 7.73. The fraction of sp³-hybridized carbons (Fsp3) is 0.474. The summed E-state index contributed by atoms with van der Waals surface area (Å²) in [7, 11) is 0. The topological polar surface area (TPSA) is 50.2 Å². The molecule has 0 unspecified atom stereocenters. The lowest BCUT2D eigenvalue weighted by atomic mass is 10.1. The minimum atomic E-state index is 0.0167. The third-order valence-corrected chi connectivity index (χ3v) is 5.04. The molecule has 1 aliphatic carbocycles. The van der Waals surface area contributed by atoms with Crippen LogP contribution in [0.2, 0.25) is 0 Å². The van der Waals surface area contributed by atoms with E-state index in [1.807, 2.05) is 48.3 Å². The summed E-state index contributed by atoms with van der Waals surface area (Å²) >= 11 is 0. The lowest BCUT2D eigenvalue weighted by molar-refractivity contribution is 0.0947. The fourth-order valence-corrected chi connectivity index (χ4v) is 3.46. The quantitative estimate of drug-likeness (QED) is 0.919. The first-order valence-electron chi connectivity index (χ1n) is 8.83. The van der Waals surface area contributed by atoms with Gasteiger partial charge in [-0.15, -0.1) is 0 Å². The van der Waals surface area contributed by atoms with Crippen LogP contribution in [0, 0.1) is 12.8 Å². The summed E-state index contributed by atoms with van der Waals surface area (Å²) in [5, 5.41) is 7.38. The van der Waals surface area contributed by atoms with Gasteiger partial charge in [-0.3, -0.25) is 4.79 Å². The monoisotopic (exact) mass is 324 g/mol. The molecule has 4 rings (SSSR count). The molecule has 0 spiro atoms. The van der Waals surface area contributed by atoms with Gasteiger partial charge in [0.2, 0.25) is 0 Å². The van der Waals surface area contributed by atoms with E-state index in [2.05, 4.69) is 15.3 Å². The molecule has 2 fully saturated rings. The van der Waals surface area contributed by atoms with Gasteiger partial charge in [-0.05, 0) is 68.5 Å². The molecule has 1 aliphatic heterocycles. The molecule has 1 amide bonds. The summed E-state index contributed by atoms with van der Waals surface area (Å²) in [5.74, 6) is 0.615. The molecule has 5 heteroatoms. The van der Waals surface area contributed by atoms with Crippen molar-refractivity contribution in [3.63, 3.8) is 0 Å². The van der Waals surface area contributed by atoms with E-state index >= 15 is 0 Å². The SMILES string of the molecule is Cc1cnn(-c2ccc(C(=O)NC[C@H]3CCN(C4CC4)C3)cc2)c1. The first kappa shape index (κ1) is 15.4. The van der Waals surface area contributed by atoms with Gasteiger partial charge in [-0.2, -0.15) is 5.10 Å². The number of hydrogen-bond acceptors (Lipinski definition) is 3. The van der Waals surface area contributed by atoms with Crippen LogP contribution in [0.15, 0.2) is 36.7 Å². The van der Waals surface area contributed by atoms with E-state index in [-0.39, 0.29) is 5.91 Å². The molecule has 0 bridgehead atoms. The molecular weight excluding hydrogens is 300 g/mol. The van der Waals surface area contributed by atoms with E-state index < -0.39 is 0 Å². The Morgan fingerprint density at radius 3 is 2.71 bits per heavy atom. The van der Waals surface area contributed by atoms with E-state index in [1.54, 1.807) is 0 Å². The zero-order valence-electron chi connectivity index (χ0n) is 14.1. The van der Waals surface area contributed by atoms with Gasteiger partial charge in [-0.25, -0.2) is 4.68 Å². The van der Waals surface area contributed by atoms with Crippen LogP contribution in [0.4, 0.5) is 0 Å². The molecule has 1 aromatic heterocycles. The first-order valence-corrected chi connectivity index (χ1v) is 8.83. The third kappa shape index (κ3) is 3.36. The second-order valence-electron chi connectivity index (χ2n) is 7.10. The smallest absolute Gasteiger partial charge is 0.251 e. The molecule has 0 radical (unpaired) electrons. The Kier molecular flexibility index (Phi) is 4.10. The van der Waals surface area contributed by atoms with Crippen molar-refractivity contribution in [2.75, 3.05) is 19.6 Å². The molecule has 1 atom stereocenters. The van der Waals surface area contributed by atoms with Crippen molar-refractivity contribution in [3.05, 3.63) is 47.8 Å². The Labute approximate surface area is 142 Å². The number of nitrogens with zero attached hydrogens (tertiary/aromatic N) is 3. The van der Waals surface area contributed by atoms with Gasteiger partial charge in [0.05, 0.1) is 11.9 Å². The van der Waals surface area contributed by atoms with Gasteiger partial charge >= 0.3 is 0 Å². The highest BCUT2D eigenvalue weighted by atomic mass is 16.1. The van der Waals surface area contributed by atoms with Gasteiger partial charge in [-0.1, -0.05) is 0 Å². The Bertz CT molecular complexity index is 717. The number of rotatable bonds is 5. The molecule has 126 valence electrons. The highest BCUT2D eigenvalue weighted by molar-refractivity contribution is 5.94. The number of carbonyl (C=O) groups excluding carboxylic acids is 1. The average Bonchev–Trinajstić information content (AvgIpc) is 3.19. The molecule has 1 N–H and O–H groups in total. The number of aromatic nitrogens is 2. The van der Waals surface area contributed by atoms with Crippen LogP contribution in [-0.4, -0.2) is 46.3 Å². The Morgan fingerprint density at radius 2 is 2.04 bits per heavy atom. The van der Waals surface area contributed by atoms with E-state index in [4.69, 9.17) is 0 Å². The summed E-state index contributed by atoms with van der Waals surface area (Å²) in [6, 6.07) is 8.45.